The molecule has 0 fully saturated rings. The minimum Gasteiger partial charge on any atom is -0.306 e. The van der Waals surface area contributed by atoms with Crippen molar-refractivity contribution in [3.05, 3.63) is 69.7 Å². The summed E-state index contributed by atoms with van der Waals surface area (Å²) < 4.78 is 0. The van der Waals surface area contributed by atoms with Gasteiger partial charge in [-0.15, -0.1) is 0 Å². The lowest BCUT2D eigenvalue weighted by Crippen LogP contribution is -2.22. The van der Waals surface area contributed by atoms with Gasteiger partial charge in [0.1, 0.15) is 0 Å². The van der Waals surface area contributed by atoms with Gasteiger partial charge in [-0.05, 0) is 41.6 Å². The van der Waals surface area contributed by atoms with Crippen molar-refractivity contribution in [2.75, 3.05) is 6.54 Å². The summed E-state index contributed by atoms with van der Waals surface area (Å²) in [5, 5.41) is 4.41. The highest BCUT2D eigenvalue weighted by atomic mass is 35.5. The van der Waals surface area contributed by atoms with E-state index in [2.05, 4.69) is 75.5 Å². The van der Waals surface area contributed by atoms with Crippen LogP contribution in [-0.4, -0.2) is 6.54 Å². The second kappa shape index (κ2) is 7.11. The van der Waals surface area contributed by atoms with E-state index in [1.807, 2.05) is 0 Å². The highest BCUT2D eigenvalue weighted by molar-refractivity contribution is 6.32. The SMILES string of the molecule is CCNC(c1ccc(C(C)C)cc1)c1cccc(C)c1Cl. The van der Waals surface area contributed by atoms with Crippen LogP contribution < -0.4 is 5.32 Å². The molecule has 0 bridgehead atoms. The zero-order valence-electron chi connectivity index (χ0n) is 13.3. The van der Waals surface area contributed by atoms with Crippen LogP contribution in [0.1, 0.15) is 55.0 Å². The lowest BCUT2D eigenvalue weighted by molar-refractivity contribution is 0.630. The largest absolute Gasteiger partial charge is 0.306 e. The van der Waals surface area contributed by atoms with Crippen LogP contribution in [0.5, 0.6) is 0 Å². The topological polar surface area (TPSA) is 12.0 Å². The third-order valence-corrected chi connectivity index (χ3v) is 4.39. The Labute approximate surface area is 133 Å². The predicted molar refractivity (Wildman–Crippen MR) is 92.2 cm³/mol. The molecule has 0 saturated carbocycles. The van der Waals surface area contributed by atoms with Crippen LogP contribution in [-0.2, 0) is 0 Å². The van der Waals surface area contributed by atoms with Gasteiger partial charge >= 0.3 is 0 Å². The average Bonchev–Trinajstić information content (AvgIpc) is 2.48. The Hall–Kier alpha value is -1.31. The van der Waals surface area contributed by atoms with Crippen molar-refractivity contribution in [3.8, 4) is 0 Å². The molecular weight excluding hydrogens is 278 g/mol. The van der Waals surface area contributed by atoms with Gasteiger partial charge in [-0.3, -0.25) is 0 Å². The monoisotopic (exact) mass is 301 g/mol. The Morgan fingerprint density at radius 1 is 1.00 bits per heavy atom. The first-order valence-corrected chi connectivity index (χ1v) is 8.00. The molecule has 112 valence electrons. The minimum atomic E-state index is 0.142. The normalized spacial score (nSPS) is 12.7. The van der Waals surface area contributed by atoms with Gasteiger partial charge in [0.15, 0.2) is 0 Å². The molecule has 2 aromatic carbocycles. The summed E-state index contributed by atoms with van der Waals surface area (Å²) in [5.41, 5.74) is 4.89. The predicted octanol–water partition coefficient (Wildman–Crippen LogP) is 5.47. The van der Waals surface area contributed by atoms with E-state index in [1.165, 1.54) is 11.1 Å². The lowest BCUT2D eigenvalue weighted by Gasteiger charge is -2.21. The molecule has 0 radical (unpaired) electrons. The van der Waals surface area contributed by atoms with Gasteiger partial charge in [0.25, 0.3) is 0 Å². The molecule has 2 aromatic rings. The Bertz CT molecular complexity index is 587. The van der Waals surface area contributed by atoms with E-state index in [-0.39, 0.29) is 6.04 Å². The van der Waals surface area contributed by atoms with Crippen molar-refractivity contribution in [1.29, 1.82) is 0 Å². The molecule has 1 nitrogen and oxygen atoms in total. The van der Waals surface area contributed by atoms with Crippen LogP contribution in [0.4, 0.5) is 0 Å². The standard InChI is InChI=1S/C19H24ClN/c1-5-21-19(17-8-6-7-14(4)18(17)20)16-11-9-15(10-12-16)13(2)3/h6-13,19,21H,5H2,1-4H3. The summed E-state index contributed by atoms with van der Waals surface area (Å²) in [6.07, 6.45) is 0. The molecular formula is C19H24ClN. The Kier molecular flexibility index (Phi) is 5.44. The van der Waals surface area contributed by atoms with Crippen LogP contribution in [0, 0.1) is 6.92 Å². The van der Waals surface area contributed by atoms with Gasteiger partial charge in [-0.1, -0.05) is 74.8 Å². The molecule has 2 rings (SSSR count). The van der Waals surface area contributed by atoms with Gasteiger partial charge in [-0.25, -0.2) is 0 Å². The maximum Gasteiger partial charge on any atom is 0.0591 e. The van der Waals surface area contributed by atoms with Crippen LogP contribution in [0.3, 0.4) is 0 Å². The molecule has 1 N–H and O–H groups in total. The molecule has 0 heterocycles. The first-order chi connectivity index (χ1) is 10.0. The Morgan fingerprint density at radius 3 is 2.19 bits per heavy atom. The van der Waals surface area contributed by atoms with Crippen molar-refractivity contribution < 1.29 is 0 Å². The van der Waals surface area contributed by atoms with Crippen LogP contribution in [0.25, 0.3) is 0 Å². The number of hydrogen-bond acceptors (Lipinski definition) is 1. The summed E-state index contributed by atoms with van der Waals surface area (Å²) in [6.45, 7) is 9.51. The zero-order chi connectivity index (χ0) is 15.4. The van der Waals surface area contributed by atoms with Crippen molar-refractivity contribution >= 4 is 11.6 Å². The number of nitrogens with one attached hydrogen (secondary N) is 1. The van der Waals surface area contributed by atoms with Gasteiger partial charge < -0.3 is 5.32 Å². The Morgan fingerprint density at radius 2 is 1.62 bits per heavy atom. The molecule has 21 heavy (non-hydrogen) atoms. The number of aryl methyl sites for hydroxylation is 1. The lowest BCUT2D eigenvalue weighted by atomic mass is 9.94. The maximum atomic E-state index is 6.52. The molecule has 0 amide bonds. The van der Waals surface area contributed by atoms with E-state index < -0.39 is 0 Å². The van der Waals surface area contributed by atoms with E-state index in [1.54, 1.807) is 0 Å². The first kappa shape index (κ1) is 16.1. The van der Waals surface area contributed by atoms with Gasteiger partial charge in [0.2, 0.25) is 0 Å². The molecule has 0 aliphatic heterocycles. The van der Waals surface area contributed by atoms with Crippen LogP contribution in [0.2, 0.25) is 5.02 Å². The van der Waals surface area contributed by atoms with E-state index in [4.69, 9.17) is 11.6 Å². The first-order valence-electron chi connectivity index (χ1n) is 7.62. The number of halogens is 1. The second-order valence-corrected chi connectivity index (χ2v) is 6.17. The number of benzene rings is 2. The summed E-state index contributed by atoms with van der Waals surface area (Å²) in [7, 11) is 0. The van der Waals surface area contributed by atoms with E-state index in [9.17, 15) is 0 Å². The molecule has 0 spiro atoms. The Balaban J connectivity index is 2.41. The molecule has 1 unspecified atom stereocenters. The van der Waals surface area contributed by atoms with E-state index in [0.29, 0.717) is 5.92 Å². The molecule has 0 aromatic heterocycles. The van der Waals surface area contributed by atoms with Crippen molar-refractivity contribution in [3.63, 3.8) is 0 Å². The van der Waals surface area contributed by atoms with E-state index in [0.717, 1.165) is 22.7 Å². The van der Waals surface area contributed by atoms with Gasteiger partial charge in [0, 0.05) is 5.02 Å². The number of rotatable bonds is 5. The third kappa shape index (κ3) is 3.66. The van der Waals surface area contributed by atoms with Crippen LogP contribution in [0.15, 0.2) is 42.5 Å². The molecule has 0 saturated heterocycles. The third-order valence-electron chi connectivity index (χ3n) is 3.88. The fourth-order valence-electron chi connectivity index (χ4n) is 2.58. The molecule has 1 atom stereocenters. The minimum absolute atomic E-state index is 0.142. The van der Waals surface area contributed by atoms with Crippen molar-refractivity contribution in [2.45, 2.75) is 39.7 Å². The van der Waals surface area contributed by atoms with Crippen molar-refractivity contribution in [2.24, 2.45) is 0 Å². The second-order valence-electron chi connectivity index (χ2n) is 5.79. The van der Waals surface area contributed by atoms with E-state index >= 15 is 0 Å². The zero-order valence-corrected chi connectivity index (χ0v) is 14.0. The summed E-state index contributed by atoms with van der Waals surface area (Å²) in [6, 6.07) is 15.2. The summed E-state index contributed by atoms with van der Waals surface area (Å²) in [4.78, 5) is 0. The van der Waals surface area contributed by atoms with Crippen LogP contribution >= 0.6 is 11.6 Å². The molecule has 0 aliphatic rings. The van der Waals surface area contributed by atoms with Gasteiger partial charge in [-0.2, -0.15) is 0 Å². The summed E-state index contributed by atoms with van der Waals surface area (Å²) >= 11 is 6.52. The molecule has 0 aliphatic carbocycles. The highest BCUT2D eigenvalue weighted by Gasteiger charge is 2.17. The quantitative estimate of drug-likeness (QED) is 0.772. The fraction of sp³-hybridized carbons (Fsp3) is 0.368. The van der Waals surface area contributed by atoms with Crippen molar-refractivity contribution in [1.82, 2.24) is 5.32 Å². The average molecular weight is 302 g/mol. The molecule has 2 heteroatoms. The smallest absolute Gasteiger partial charge is 0.0591 e. The fourth-order valence-corrected chi connectivity index (χ4v) is 2.81. The maximum absolute atomic E-state index is 6.52. The van der Waals surface area contributed by atoms with Gasteiger partial charge in [0.05, 0.1) is 6.04 Å². The summed E-state index contributed by atoms with van der Waals surface area (Å²) in [5.74, 6) is 0.555. The number of hydrogen-bond donors (Lipinski definition) is 1. The highest BCUT2D eigenvalue weighted by Crippen LogP contribution is 2.31.